The van der Waals surface area contributed by atoms with E-state index in [4.69, 9.17) is 5.73 Å². The SMILES string of the molecule is CCC(C)NC(=O)CCNc1ccc(F)cc1N. The fourth-order valence-corrected chi connectivity index (χ4v) is 1.45. The van der Waals surface area contributed by atoms with E-state index in [-0.39, 0.29) is 17.8 Å². The highest BCUT2D eigenvalue weighted by atomic mass is 19.1. The zero-order valence-corrected chi connectivity index (χ0v) is 10.8. The van der Waals surface area contributed by atoms with Crippen LogP contribution in [0.15, 0.2) is 18.2 Å². The van der Waals surface area contributed by atoms with Crippen LogP contribution in [0.4, 0.5) is 15.8 Å². The first-order chi connectivity index (χ1) is 8.52. The molecule has 1 unspecified atom stereocenters. The lowest BCUT2D eigenvalue weighted by Crippen LogP contribution is -2.32. The van der Waals surface area contributed by atoms with Gasteiger partial charge in [-0.05, 0) is 31.5 Å². The molecule has 0 aliphatic rings. The smallest absolute Gasteiger partial charge is 0.221 e. The van der Waals surface area contributed by atoms with Crippen molar-refractivity contribution in [1.82, 2.24) is 5.32 Å². The average Bonchev–Trinajstić information content (AvgIpc) is 2.31. The number of nitrogens with two attached hydrogens (primary N) is 1. The highest BCUT2D eigenvalue weighted by Crippen LogP contribution is 2.18. The van der Waals surface area contributed by atoms with Gasteiger partial charge in [0.15, 0.2) is 0 Å². The normalized spacial score (nSPS) is 11.9. The van der Waals surface area contributed by atoms with Crippen LogP contribution in [0.25, 0.3) is 0 Å². The van der Waals surface area contributed by atoms with E-state index in [2.05, 4.69) is 10.6 Å². The number of rotatable bonds is 6. The molecule has 0 aromatic heterocycles. The number of nitrogen functional groups attached to an aromatic ring is 1. The molecule has 1 amide bonds. The molecule has 100 valence electrons. The number of benzene rings is 1. The summed E-state index contributed by atoms with van der Waals surface area (Å²) in [4.78, 5) is 11.5. The van der Waals surface area contributed by atoms with E-state index in [9.17, 15) is 9.18 Å². The Kier molecular flexibility index (Phi) is 5.42. The molecule has 4 N–H and O–H groups in total. The number of nitrogens with one attached hydrogen (secondary N) is 2. The molecule has 0 heterocycles. The quantitative estimate of drug-likeness (QED) is 0.680. The van der Waals surface area contributed by atoms with Crippen LogP contribution < -0.4 is 16.4 Å². The van der Waals surface area contributed by atoms with Gasteiger partial charge < -0.3 is 16.4 Å². The lowest BCUT2D eigenvalue weighted by molar-refractivity contribution is -0.121. The first kappa shape index (κ1) is 14.3. The van der Waals surface area contributed by atoms with Crippen molar-refractivity contribution < 1.29 is 9.18 Å². The van der Waals surface area contributed by atoms with Crippen molar-refractivity contribution in [2.75, 3.05) is 17.6 Å². The molecule has 0 saturated heterocycles. The van der Waals surface area contributed by atoms with Crippen LogP contribution >= 0.6 is 0 Å². The summed E-state index contributed by atoms with van der Waals surface area (Å²) in [6, 6.07) is 4.34. The molecule has 0 radical (unpaired) electrons. The summed E-state index contributed by atoms with van der Waals surface area (Å²) in [5.74, 6) is -0.370. The van der Waals surface area contributed by atoms with Crippen molar-refractivity contribution in [3.63, 3.8) is 0 Å². The molecule has 0 bridgehead atoms. The molecule has 1 rings (SSSR count). The van der Waals surface area contributed by atoms with Gasteiger partial charge in [-0.2, -0.15) is 0 Å². The van der Waals surface area contributed by atoms with E-state index in [1.165, 1.54) is 12.1 Å². The summed E-state index contributed by atoms with van der Waals surface area (Å²) >= 11 is 0. The summed E-state index contributed by atoms with van der Waals surface area (Å²) < 4.78 is 12.8. The number of carbonyl (C=O) groups excluding carboxylic acids is 1. The van der Waals surface area contributed by atoms with Gasteiger partial charge in [-0.1, -0.05) is 6.92 Å². The Morgan fingerprint density at radius 2 is 2.22 bits per heavy atom. The van der Waals surface area contributed by atoms with Crippen LogP contribution in [0.3, 0.4) is 0 Å². The van der Waals surface area contributed by atoms with Crippen molar-refractivity contribution in [3.8, 4) is 0 Å². The maximum atomic E-state index is 12.8. The summed E-state index contributed by atoms with van der Waals surface area (Å²) in [5.41, 5.74) is 6.63. The zero-order chi connectivity index (χ0) is 13.5. The fourth-order valence-electron chi connectivity index (χ4n) is 1.45. The second kappa shape index (κ2) is 6.83. The van der Waals surface area contributed by atoms with E-state index in [1.807, 2.05) is 13.8 Å². The lowest BCUT2D eigenvalue weighted by Gasteiger charge is -2.12. The van der Waals surface area contributed by atoms with Crippen LogP contribution in [-0.2, 0) is 4.79 Å². The Balaban J connectivity index is 2.35. The number of halogens is 1. The van der Waals surface area contributed by atoms with Gasteiger partial charge in [0.1, 0.15) is 5.82 Å². The molecule has 0 aliphatic heterocycles. The van der Waals surface area contributed by atoms with Gasteiger partial charge in [0, 0.05) is 19.0 Å². The second-order valence-electron chi connectivity index (χ2n) is 4.29. The Bertz CT molecular complexity index is 409. The van der Waals surface area contributed by atoms with E-state index in [1.54, 1.807) is 6.07 Å². The molecular weight excluding hydrogens is 233 g/mol. The van der Waals surface area contributed by atoms with Crippen molar-refractivity contribution in [2.45, 2.75) is 32.7 Å². The van der Waals surface area contributed by atoms with Crippen LogP contribution in [-0.4, -0.2) is 18.5 Å². The number of hydrogen-bond donors (Lipinski definition) is 3. The Labute approximate surface area is 107 Å². The monoisotopic (exact) mass is 253 g/mol. The minimum atomic E-state index is -0.368. The van der Waals surface area contributed by atoms with Gasteiger partial charge in [-0.25, -0.2) is 4.39 Å². The highest BCUT2D eigenvalue weighted by Gasteiger charge is 2.05. The van der Waals surface area contributed by atoms with Crippen molar-refractivity contribution in [2.24, 2.45) is 0 Å². The molecule has 4 nitrogen and oxygen atoms in total. The number of hydrogen-bond acceptors (Lipinski definition) is 3. The van der Waals surface area contributed by atoms with Crippen molar-refractivity contribution in [1.29, 1.82) is 0 Å². The molecule has 0 spiro atoms. The lowest BCUT2D eigenvalue weighted by atomic mass is 10.2. The number of anilines is 2. The third-order valence-electron chi connectivity index (χ3n) is 2.70. The van der Waals surface area contributed by atoms with Crippen molar-refractivity contribution >= 4 is 17.3 Å². The van der Waals surface area contributed by atoms with E-state index < -0.39 is 0 Å². The predicted molar refractivity (Wildman–Crippen MR) is 71.8 cm³/mol. The van der Waals surface area contributed by atoms with Gasteiger partial charge in [-0.3, -0.25) is 4.79 Å². The maximum absolute atomic E-state index is 12.8. The Morgan fingerprint density at radius 3 is 2.83 bits per heavy atom. The molecule has 0 fully saturated rings. The standard InChI is InChI=1S/C13H20FN3O/c1-3-9(2)17-13(18)6-7-16-12-5-4-10(14)8-11(12)15/h4-5,8-9,16H,3,6-7,15H2,1-2H3,(H,17,18). The highest BCUT2D eigenvalue weighted by molar-refractivity contribution is 5.77. The first-order valence-electron chi connectivity index (χ1n) is 6.11. The average molecular weight is 253 g/mol. The first-order valence-corrected chi connectivity index (χ1v) is 6.11. The molecule has 1 aromatic rings. The molecule has 1 aromatic carbocycles. The van der Waals surface area contributed by atoms with E-state index in [0.717, 1.165) is 6.42 Å². The van der Waals surface area contributed by atoms with Crippen LogP contribution in [0.2, 0.25) is 0 Å². The van der Waals surface area contributed by atoms with Crippen molar-refractivity contribution in [3.05, 3.63) is 24.0 Å². The van der Waals surface area contributed by atoms with Gasteiger partial charge >= 0.3 is 0 Å². The molecule has 5 heteroatoms. The van der Waals surface area contributed by atoms with Crippen LogP contribution in [0.5, 0.6) is 0 Å². The topological polar surface area (TPSA) is 67.2 Å². The van der Waals surface area contributed by atoms with Gasteiger partial charge in [-0.15, -0.1) is 0 Å². The second-order valence-corrected chi connectivity index (χ2v) is 4.29. The fraction of sp³-hybridized carbons (Fsp3) is 0.462. The predicted octanol–water partition coefficient (Wildman–Crippen LogP) is 2.12. The number of carbonyl (C=O) groups is 1. The van der Waals surface area contributed by atoms with Gasteiger partial charge in [0.05, 0.1) is 11.4 Å². The third-order valence-corrected chi connectivity index (χ3v) is 2.70. The Morgan fingerprint density at radius 1 is 1.50 bits per heavy atom. The summed E-state index contributed by atoms with van der Waals surface area (Å²) in [7, 11) is 0. The van der Waals surface area contributed by atoms with Crippen LogP contribution in [0, 0.1) is 5.82 Å². The molecular formula is C13H20FN3O. The number of amides is 1. The molecule has 18 heavy (non-hydrogen) atoms. The largest absolute Gasteiger partial charge is 0.397 e. The minimum absolute atomic E-state index is 0.00228. The van der Waals surface area contributed by atoms with Crippen LogP contribution in [0.1, 0.15) is 26.7 Å². The minimum Gasteiger partial charge on any atom is -0.397 e. The summed E-state index contributed by atoms with van der Waals surface area (Å²) in [6.07, 6.45) is 1.27. The summed E-state index contributed by atoms with van der Waals surface area (Å²) in [6.45, 7) is 4.45. The zero-order valence-electron chi connectivity index (χ0n) is 10.8. The molecule has 1 atom stereocenters. The van der Waals surface area contributed by atoms with Gasteiger partial charge in [0.25, 0.3) is 0 Å². The third kappa shape index (κ3) is 4.61. The molecule has 0 saturated carbocycles. The molecule has 0 aliphatic carbocycles. The maximum Gasteiger partial charge on any atom is 0.221 e. The van der Waals surface area contributed by atoms with Gasteiger partial charge in [0.2, 0.25) is 5.91 Å². The summed E-state index contributed by atoms with van der Waals surface area (Å²) in [5, 5.41) is 5.88. The van der Waals surface area contributed by atoms with E-state index in [0.29, 0.717) is 24.3 Å². The van der Waals surface area contributed by atoms with E-state index >= 15 is 0 Å². The Hall–Kier alpha value is -1.78.